The van der Waals surface area contributed by atoms with Gasteiger partial charge in [-0.1, -0.05) is 32.6 Å². The topological polar surface area (TPSA) is 17.1 Å². The maximum Gasteiger partial charge on any atom is 0.160 e. The van der Waals surface area contributed by atoms with E-state index in [1.54, 1.807) is 11.3 Å². The Morgan fingerprint density at radius 2 is 2.07 bits per heavy atom. The van der Waals surface area contributed by atoms with Crippen molar-refractivity contribution in [2.45, 2.75) is 43.2 Å². The van der Waals surface area contributed by atoms with E-state index in [9.17, 15) is 4.79 Å². The molecule has 0 aliphatic carbocycles. The van der Waals surface area contributed by atoms with E-state index in [0.29, 0.717) is 0 Å². The molecule has 3 heteroatoms. The Bertz CT molecular complexity index is 281. The van der Waals surface area contributed by atoms with Crippen LogP contribution in [0.1, 0.15) is 48.7 Å². The van der Waals surface area contributed by atoms with Crippen molar-refractivity contribution in [2.24, 2.45) is 0 Å². The zero-order valence-corrected chi connectivity index (χ0v) is 10.8. The van der Waals surface area contributed by atoms with E-state index in [1.807, 2.05) is 23.9 Å². The monoisotopic (exact) mass is 242 g/mol. The molecule has 84 valence electrons. The molecule has 1 aromatic rings. The number of thiophene rings is 1. The first-order chi connectivity index (χ1) is 7.36. The molecule has 0 bridgehead atoms. The molecule has 0 aliphatic rings. The van der Waals surface area contributed by atoms with Crippen molar-refractivity contribution in [2.75, 3.05) is 5.75 Å². The molecule has 0 N–H and O–H groups in total. The number of thioether (sulfide) groups is 1. The zero-order chi connectivity index (χ0) is 10.9. The largest absolute Gasteiger partial charge is 0.297 e. The molecule has 1 nitrogen and oxygen atoms in total. The third-order valence-electron chi connectivity index (χ3n) is 2.21. The van der Waals surface area contributed by atoms with E-state index in [0.717, 1.165) is 11.2 Å². The highest BCUT2D eigenvalue weighted by Gasteiger charge is 1.99. The number of unbranched alkanes of at least 4 members (excludes halogenated alkanes) is 4. The fourth-order valence-corrected chi connectivity index (χ4v) is 3.39. The Balaban J connectivity index is 2.07. The summed E-state index contributed by atoms with van der Waals surface area (Å²) in [7, 11) is 0. The molecule has 0 saturated carbocycles. The SMILES string of the molecule is CCCCCCCSc1ccc(C=O)s1. The minimum absolute atomic E-state index is 0.837. The molecule has 0 amide bonds. The van der Waals surface area contributed by atoms with Gasteiger partial charge in [0.05, 0.1) is 9.09 Å². The van der Waals surface area contributed by atoms with Crippen molar-refractivity contribution in [1.29, 1.82) is 0 Å². The predicted octanol–water partition coefficient (Wildman–Crippen LogP) is 4.62. The van der Waals surface area contributed by atoms with E-state index in [4.69, 9.17) is 0 Å². The fraction of sp³-hybridized carbons (Fsp3) is 0.583. The molecule has 0 atom stereocenters. The van der Waals surface area contributed by atoms with Crippen LogP contribution in [0.4, 0.5) is 0 Å². The van der Waals surface area contributed by atoms with E-state index in [2.05, 4.69) is 6.92 Å². The van der Waals surface area contributed by atoms with E-state index in [-0.39, 0.29) is 0 Å². The second kappa shape index (κ2) is 7.94. The Morgan fingerprint density at radius 1 is 1.27 bits per heavy atom. The molecule has 1 aromatic heterocycles. The summed E-state index contributed by atoms with van der Waals surface area (Å²) < 4.78 is 1.27. The lowest BCUT2D eigenvalue weighted by molar-refractivity contribution is 0.112. The highest BCUT2D eigenvalue weighted by atomic mass is 32.2. The normalized spacial score (nSPS) is 10.5. The van der Waals surface area contributed by atoms with Crippen molar-refractivity contribution < 1.29 is 4.79 Å². The molecular formula is C12H18OS2. The minimum atomic E-state index is 0.837. The van der Waals surface area contributed by atoms with Crippen LogP contribution in [0.3, 0.4) is 0 Å². The van der Waals surface area contributed by atoms with Crippen LogP contribution < -0.4 is 0 Å². The van der Waals surface area contributed by atoms with Crippen LogP contribution in [0.15, 0.2) is 16.3 Å². The predicted molar refractivity (Wildman–Crippen MR) is 69.2 cm³/mol. The van der Waals surface area contributed by atoms with Crippen LogP contribution in [0, 0.1) is 0 Å². The lowest BCUT2D eigenvalue weighted by Crippen LogP contribution is -1.80. The van der Waals surface area contributed by atoms with Gasteiger partial charge in [0.25, 0.3) is 0 Å². The maximum atomic E-state index is 10.5. The second-order valence-electron chi connectivity index (χ2n) is 3.54. The molecule has 1 rings (SSSR count). The average molecular weight is 242 g/mol. The van der Waals surface area contributed by atoms with Crippen LogP contribution in [0.2, 0.25) is 0 Å². The Labute approximate surface area is 100 Å². The van der Waals surface area contributed by atoms with Crippen molar-refractivity contribution in [3.05, 3.63) is 17.0 Å². The zero-order valence-electron chi connectivity index (χ0n) is 9.20. The molecule has 0 fully saturated rings. The van der Waals surface area contributed by atoms with Crippen molar-refractivity contribution >= 4 is 29.4 Å². The van der Waals surface area contributed by atoms with Crippen LogP contribution in [-0.4, -0.2) is 12.0 Å². The smallest absolute Gasteiger partial charge is 0.160 e. The molecule has 0 aliphatic heterocycles. The van der Waals surface area contributed by atoms with Gasteiger partial charge in [0.1, 0.15) is 0 Å². The molecule has 1 heterocycles. The molecule has 15 heavy (non-hydrogen) atoms. The van der Waals surface area contributed by atoms with Gasteiger partial charge in [-0.2, -0.15) is 0 Å². The van der Waals surface area contributed by atoms with Gasteiger partial charge in [-0.05, 0) is 24.3 Å². The Hall–Kier alpha value is -0.280. The van der Waals surface area contributed by atoms with Crippen molar-refractivity contribution in [3.63, 3.8) is 0 Å². The summed E-state index contributed by atoms with van der Waals surface area (Å²) in [6.07, 6.45) is 7.59. The first-order valence-electron chi connectivity index (χ1n) is 5.54. The summed E-state index contributed by atoms with van der Waals surface area (Å²) in [4.78, 5) is 11.3. The van der Waals surface area contributed by atoms with Gasteiger partial charge in [-0.15, -0.1) is 23.1 Å². The quantitative estimate of drug-likeness (QED) is 0.376. The molecule has 0 aromatic carbocycles. The van der Waals surface area contributed by atoms with Gasteiger partial charge in [0.2, 0.25) is 0 Å². The van der Waals surface area contributed by atoms with Gasteiger partial charge < -0.3 is 0 Å². The number of hydrogen-bond donors (Lipinski definition) is 0. The summed E-state index contributed by atoms with van der Waals surface area (Å²) >= 11 is 3.47. The third-order valence-corrected chi connectivity index (χ3v) is 4.53. The number of aldehydes is 1. The average Bonchev–Trinajstić information content (AvgIpc) is 2.71. The maximum absolute atomic E-state index is 10.5. The van der Waals surface area contributed by atoms with Crippen LogP contribution >= 0.6 is 23.1 Å². The fourth-order valence-electron chi connectivity index (χ4n) is 1.35. The van der Waals surface area contributed by atoms with Gasteiger partial charge in [-0.25, -0.2) is 0 Å². The van der Waals surface area contributed by atoms with Crippen molar-refractivity contribution in [3.8, 4) is 0 Å². The van der Waals surface area contributed by atoms with Crippen LogP contribution in [0.25, 0.3) is 0 Å². The number of carbonyl (C=O) groups excluding carboxylic acids is 1. The summed E-state index contributed by atoms with van der Waals surface area (Å²) in [6, 6.07) is 3.95. The van der Waals surface area contributed by atoms with Gasteiger partial charge in [0, 0.05) is 0 Å². The lowest BCUT2D eigenvalue weighted by Gasteiger charge is -1.98. The standard InChI is InChI=1S/C12H18OS2/c1-2-3-4-5-6-9-14-12-8-7-11(10-13)15-12/h7-8,10H,2-6,9H2,1H3. The Kier molecular flexibility index (Phi) is 6.77. The van der Waals surface area contributed by atoms with Gasteiger partial charge in [-0.3, -0.25) is 4.79 Å². The van der Waals surface area contributed by atoms with Crippen LogP contribution in [-0.2, 0) is 0 Å². The van der Waals surface area contributed by atoms with Crippen molar-refractivity contribution in [1.82, 2.24) is 0 Å². The molecular weight excluding hydrogens is 224 g/mol. The first-order valence-corrected chi connectivity index (χ1v) is 7.35. The lowest BCUT2D eigenvalue weighted by atomic mass is 10.2. The summed E-state index contributed by atoms with van der Waals surface area (Å²) in [5.74, 6) is 1.18. The van der Waals surface area contributed by atoms with Gasteiger partial charge in [0.15, 0.2) is 6.29 Å². The number of rotatable bonds is 8. The number of hydrogen-bond acceptors (Lipinski definition) is 3. The second-order valence-corrected chi connectivity index (χ2v) is 6.05. The molecule has 0 saturated heterocycles. The van der Waals surface area contributed by atoms with E-state index in [1.165, 1.54) is 42.1 Å². The molecule has 0 radical (unpaired) electrons. The molecule has 0 spiro atoms. The van der Waals surface area contributed by atoms with Gasteiger partial charge >= 0.3 is 0 Å². The van der Waals surface area contributed by atoms with E-state index >= 15 is 0 Å². The summed E-state index contributed by atoms with van der Waals surface area (Å²) in [6.45, 7) is 2.24. The highest BCUT2D eigenvalue weighted by Crippen LogP contribution is 2.27. The molecule has 0 unspecified atom stereocenters. The minimum Gasteiger partial charge on any atom is -0.297 e. The summed E-state index contributed by atoms with van der Waals surface area (Å²) in [5.41, 5.74) is 0. The number of carbonyl (C=O) groups is 1. The third kappa shape index (κ3) is 5.38. The Morgan fingerprint density at radius 3 is 2.73 bits per heavy atom. The first kappa shape index (κ1) is 12.8. The summed E-state index contributed by atoms with van der Waals surface area (Å²) in [5, 5.41) is 0. The highest BCUT2D eigenvalue weighted by molar-refractivity contribution is 8.01. The van der Waals surface area contributed by atoms with Crippen LogP contribution in [0.5, 0.6) is 0 Å². The van der Waals surface area contributed by atoms with E-state index < -0.39 is 0 Å².